The smallest absolute Gasteiger partial charge is 0.333 e. The quantitative estimate of drug-likeness (QED) is 0.471. The summed E-state index contributed by atoms with van der Waals surface area (Å²) >= 11 is 0. The molecule has 0 aromatic rings. The van der Waals surface area contributed by atoms with Crippen molar-refractivity contribution < 1.29 is 19.1 Å². The van der Waals surface area contributed by atoms with Gasteiger partial charge in [-0.25, -0.2) is 4.79 Å². The Morgan fingerprint density at radius 2 is 1.50 bits per heavy atom. The lowest BCUT2D eigenvalue weighted by molar-refractivity contribution is -0.233. The molecule has 5 aliphatic rings. The van der Waals surface area contributed by atoms with Gasteiger partial charge in [-0.15, -0.1) is 0 Å². The third kappa shape index (κ3) is 3.64. The highest BCUT2D eigenvalue weighted by Crippen LogP contribution is 2.63. The van der Waals surface area contributed by atoms with E-state index in [0.29, 0.717) is 23.3 Å². The number of ether oxygens (including phenoxy) is 2. The summed E-state index contributed by atoms with van der Waals surface area (Å²) in [5.41, 5.74) is 0.116. The Bertz CT molecular complexity index is 601. The van der Waals surface area contributed by atoms with Crippen molar-refractivity contribution in [3.05, 3.63) is 12.2 Å². The molecule has 5 saturated carbocycles. The monoisotopic (exact) mass is 388 g/mol. The van der Waals surface area contributed by atoms with Gasteiger partial charge in [0.25, 0.3) is 0 Å². The molecule has 0 aliphatic heterocycles. The molecule has 0 atom stereocenters. The minimum atomic E-state index is -0.432. The zero-order valence-electron chi connectivity index (χ0n) is 17.6. The minimum absolute atomic E-state index is 0.0862. The van der Waals surface area contributed by atoms with E-state index >= 15 is 0 Å². The fourth-order valence-electron chi connectivity index (χ4n) is 7.15. The maximum Gasteiger partial charge on any atom is 0.333 e. The van der Waals surface area contributed by atoms with Gasteiger partial charge in [-0.3, -0.25) is 4.79 Å². The van der Waals surface area contributed by atoms with Crippen molar-refractivity contribution in [2.24, 2.45) is 35.5 Å². The lowest BCUT2D eigenvalue weighted by Crippen LogP contribution is -2.63. The molecule has 5 fully saturated rings. The first kappa shape index (κ1) is 20.0. The van der Waals surface area contributed by atoms with Gasteiger partial charge in [0.15, 0.2) is 0 Å². The number of hydrogen-bond acceptors (Lipinski definition) is 4. The maximum absolute atomic E-state index is 12.9. The molecule has 0 radical (unpaired) electrons. The van der Waals surface area contributed by atoms with E-state index in [1.54, 1.807) is 6.92 Å². The lowest BCUT2D eigenvalue weighted by Gasteiger charge is -2.63. The summed E-state index contributed by atoms with van der Waals surface area (Å²) in [5.74, 6) is 3.50. The molecule has 4 heteroatoms. The predicted octanol–water partition coefficient (Wildman–Crippen LogP) is 5.06. The number of carbonyl (C=O) groups excluding carboxylic acids is 2. The fourth-order valence-corrected chi connectivity index (χ4v) is 7.15. The van der Waals surface area contributed by atoms with Gasteiger partial charge >= 0.3 is 11.9 Å². The van der Waals surface area contributed by atoms with Crippen LogP contribution in [0.3, 0.4) is 0 Å². The van der Waals surface area contributed by atoms with Crippen molar-refractivity contribution in [2.45, 2.75) is 83.7 Å². The average Bonchev–Trinajstić information content (AvgIpc) is 2.64. The molecule has 156 valence electrons. The molecule has 0 amide bonds. The van der Waals surface area contributed by atoms with Gasteiger partial charge in [0.2, 0.25) is 0 Å². The molecule has 5 rings (SSSR count). The molecule has 4 nitrogen and oxygen atoms in total. The van der Waals surface area contributed by atoms with E-state index in [2.05, 4.69) is 13.5 Å². The predicted molar refractivity (Wildman–Crippen MR) is 107 cm³/mol. The van der Waals surface area contributed by atoms with Crippen molar-refractivity contribution >= 4 is 11.9 Å². The zero-order valence-corrected chi connectivity index (χ0v) is 17.6. The van der Waals surface area contributed by atoms with Crippen molar-refractivity contribution in [2.75, 3.05) is 6.61 Å². The third-order valence-electron chi connectivity index (χ3n) is 8.25. The standard InChI is InChI=1S/C24H36O4/c1-15(2)23(26)27-9-8-22(25)28-24(19-6-4-16(3)5-7-19)20-11-17-10-18(13-20)14-21(24)12-17/h16-21H,1,4-14H2,2-3H3. The highest BCUT2D eigenvalue weighted by molar-refractivity contribution is 5.87. The summed E-state index contributed by atoms with van der Waals surface area (Å²) in [4.78, 5) is 24.4. The SMILES string of the molecule is C=C(C)C(=O)OCCC(=O)OC1(C2CCC(C)CC2)C2CC3CC(C2)CC1C3. The number of rotatable bonds is 6. The Morgan fingerprint density at radius 1 is 0.929 bits per heavy atom. The molecule has 0 spiro atoms. The second kappa shape index (κ2) is 7.84. The molecular formula is C24H36O4. The molecule has 0 N–H and O–H groups in total. The van der Waals surface area contributed by atoms with E-state index in [9.17, 15) is 9.59 Å². The average molecular weight is 389 g/mol. The van der Waals surface area contributed by atoms with E-state index in [0.717, 1.165) is 17.8 Å². The van der Waals surface area contributed by atoms with Gasteiger partial charge in [0.05, 0.1) is 6.42 Å². The van der Waals surface area contributed by atoms with E-state index in [4.69, 9.17) is 9.47 Å². The molecular weight excluding hydrogens is 352 g/mol. The summed E-state index contributed by atoms with van der Waals surface area (Å²) < 4.78 is 11.6. The van der Waals surface area contributed by atoms with Crippen molar-refractivity contribution in [3.63, 3.8) is 0 Å². The van der Waals surface area contributed by atoms with Gasteiger partial charge in [0.1, 0.15) is 12.2 Å². The van der Waals surface area contributed by atoms with Gasteiger partial charge in [-0.05, 0) is 87.4 Å². The second-order valence-electron chi connectivity index (χ2n) is 10.3. The third-order valence-corrected chi connectivity index (χ3v) is 8.25. The van der Waals surface area contributed by atoms with E-state index in [1.807, 2.05) is 0 Å². The largest absolute Gasteiger partial charge is 0.462 e. The lowest BCUT2D eigenvalue weighted by atomic mass is 9.46. The zero-order chi connectivity index (χ0) is 19.9. The van der Waals surface area contributed by atoms with Crippen LogP contribution in [-0.2, 0) is 19.1 Å². The molecule has 0 aromatic carbocycles. The first-order chi connectivity index (χ1) is 13.4. The van der Waals surface area contributed by atoms with Crippen molar-refractivity contribution in [3.8, 4) is 0 Å². The fraction of sp³-hybridized carbons (Fsp3) is 0.833. The number of hydrogen-bond donors (Lipinski definition) is 0. The van der Waals surface area contributed by atoms with Gasteiger partial charge in [0, 0.05) is 5.57 Å². The summed E-state index contributed by atoms with van der Waals surface area (Å²) in [6.45, 7) is 7.64. The first-order valence-electron chi connectivity index (χ1n) is 11.4. The number of carbonyl (C=O) groups is 2. The minimum Gasteiger partial charge on any atom is -0.462 e. The van der Waals surface area contributed by atoms with Crippen LogP contribution in [0.25, 0.3) is 0 Å². The highest BCUT2D eigenvalue weighted by atomic mass is 16.6. The van der Waals surface area contributed by atoms with Crippen LogP contribution in [0.4, 0.5) is 0 Å². The van der Waals surface area contributed by atoms with Crippen LogP contribution in [0.15, 0.2) is 12.2 Å². The maximum atomic E-state index is 12.9. The van der Waals surface area contributed by atoms with Crippen LogP contribution in [0.5, 0.6) is 0 Å². The van der Waals surface area contributed by atoms with E-state index < -0.39 is 5.97 Å². The van der Waals surface area contributed by atoms with Crippen LogP contribution < -0.4 is 0 Å². The van der Waals surface area contributed by atoms with E-state index in [1.165, 1.54) is 57.8 Å². The Balaban J connectivity index is 1.47. The molecule has 0 unspecified atom stereocenters. The Hall–Kier alpha value is -1.32. The molecule has 0 saturated heterocycles. The summed E-state index contributed by atoms with van der Waals surface area (Å²) in [7, 11) is 0. The molecule has 28 heavy (non-hydrogen) atoms. The molecule has 0 heterocycles. The van der Waals surface area contributed by atoms with Crippen molar-refractivity contribution in [1.29, 1.82) is 0 Å². The van der Waals surface area contributed by atoms with Crippen molar-refractivity contribution in [1.82, 2.24) is 0 Å². The van der Waals surface area contributed by atoms with Gasteiger partial charge < -0.3 is 9.47 Å². The molecule has 0 aromatic heterocycles. The van der Waals surface area contributed by atoms with Crippen LogP contribution in [0.1, 0.15) is 78.1 Å². The molecule has 4 bridgehead atoms. The molecule has 5 aliphatic carbocycles. The highest BCUT2D eigenvalue weighted by Gasteiger charge is 2.62. The summed E-state index contributed by atoms with van der Waals surface area (Å²) in [6, 6.07) is 0. The van der Waals surface area contributed by atoms with Gasteiger partial charge in [-0.1, -0.05) is 26.3 Å². The van der Waals surface area contributed by atoms with Crippen LogP contribution >= 0.6 is 0 Å². The van der Waals surface area contributed by atoms with Crippen LogP contribution in [0.2, 0.25) is 0 Å². The van der Waals surface area contributed by atoms with Gasteiger partial charge in [-0.2, -0.15) is 0 Å². The van der Waals surface area contributed by atoms with Crippen LogP contribution in [0, 0.1) is 35.5 Å². The number of esters is 2. The topological polar surface area (TPSA) is 52.6 Å². The summed E-state index contributed by atoms with van der Waals surface area (Å²) in [6.07, 6.45) is 11.4. The Kier molecular flexibility index (Phi) is 5.59. The van der Waals surface area contributed by atoms with E-state index in [-0.39, 0.29) is 24.6 Å². The van der Waals surface area contributed by atoms with Crippen LogP contribution in [-0.4, -0.2) is 24.1 Å². The Labute approximate surface area is 169 Å². The first-order valence-corrected chi connectivity index (χ1v) is 11.4. The second-order valence-corrected chi connectivity index (χ2v) is 10.3. The summed E-state index contributed by atoms with van der Waals surface area (Å²) in [5, 5.41) is 0. The normalized spacial score (nSPS) is 41.5. The Morgan fingerprint density at radius 3 is 2.04 bits per heavy atom.